The monoisotopic (exact) mass is 282 g/mol. The van der Waals surface area contributed by atoms with Crippen LogP contribution in [0.15, 0.2) is 18.2 Å². The minimum absolute atomic E-state index is 0.0612. The van der Waals surface area contributed by atoms with E-state index in [2.05, 4.69) is 12.2 Å². The van der Waals surface area contributed by atoms with Gasteiger partial charge in [0.2, 0.25) is 0 Å². The van der Waals surface area contributed by atoms with E-state index in [4.69, 9.17) is 11.6 Å². The van der Waals surface area contributed by atoms with Gasteiger partial charge >= 0.3 is 0 Å². The number of nitrogens with zero attached hydrogens (tertiary/aromatic N) is 1. The molecule has 1 aliphatic carbocycles. The number of halogens is 1. The minimum atomic E-state index is -0.381. The Bertz CT molecular complexity index is 465. The molecule has 0 aliphatic heterocycles. The van der Waals surface area contributed by atoms with Crippen molar-refractivity contribution in [1.29, 1.82) is 0 Å². The van der Waals surface area contributed by atoms with Crippen molar-refractivity contribution >= 4 is 23.0 Å². The van der Waals surface area contributed by atoms with Crippen LogP contribution in [-0.2, 0) is 0 Å². The van der Waals surface area contributed by atoms with Crippen LogP contribution in [0.25, 0.3) is 0 Å². The zero-order valence-corrected chi connectivity index (χ0v) is 11.8. The molecule has 0 saturated heterocycles. The topological polar surface area (TPSA) is 55.2 Å². The van der Waals surface area contributed by atoms with Gasteiger partial charge in [-0.2, -0.15) is 0 Å². The van der Waals surface area contributed by atoms with Crippen molar-refractivity contribution in [2.75, 3.05) is 5.32 Å². The molecule has 19 heavy (non-hydrogen) atoms. The van der Waals surface area contributed by atoms with Gasteiger partial charge in [-0.3, -0.25) is 10.1 Å². The zero-order valence-electron chi connectivity index (χ0n) is 11.1. The molecular formula is C14H19ClN2O2. The van der Waals surface area contributed by atoms with Gasteiger partial charge in [0.25, 0.3) is 5.69 Å². The fourth-order valence-electron chi connectivity index (χ4n) is 2.80. The number of hydrogen-bond acceptors (Lipinski definition) is 3. The van der Waals surface area contributed by atoms with E-state index in [1.165, 1.54) is 25.3 Å². The largest absolute Gasteiger partial charge is 0.376 e. The molecule has 4 nitrogen and oxygen atoms in total. The maximum absolute atomic E-state index is 11.0. The molecule has 1 aliphatic rings. The number of nitrogens with one attached hydrogen (secondary N) is 1. The number of para-hydroxylation sites is 1. The molecule has 2 atom stereocenters. The van der Waals surface area contributed by atoms with E-state index < -0.39 is 0 Å². The zero-order chi connectivity index (χ0) is 13.8. The Morgan fingerprint density at radius 3 is 2.95 bits per heavy atom. The molecule has 0 amide bonds. The number of rotatable bonds is 4. The highest BCUT2D eigenvalue weighted by atomic mass is 35.5. The molecule has 0 aromatic heterocycles. The Morgan fingerprint density at radius 2 is 2.26 bits per heavy atom. The van der Waals surface area contributed by atoms with Gasteiger partial charge in [0.05, 0.1) is 9.95 Å². The third-order valence-corrected chi connectivity index (χ3v) is 4.21. The minimum Gasteiger partial charge on any atom is -0.376 e. The lowest BCUT2D eigenvalue weighted by molar-refractivity contribution is -0.384. The Balaban J connectivity index is 2.16. The maximum atomic E-state index is 11.0. The second-order valence-corrected chi connectivity index (χ2v) is 5.58. The Morgan fingerprint density at radius 1 is 1.47 bits per heavy atom. The molecule has 2 rings (SSSR count). The fourth-order valence-corrected chi connectivity index (χ4v) is 3.03. The van der Waals surface area contributed by atoms with Gasteiger partial charge in [0, 0.05) is 12.1 Å². The number of hydrogen-bond donors (Lipinski definition) is 1. The first-order valence-electron chi connectivity index (χ1n) is 6.81. The van der Waals surface area contributed by atoms with Gasteiger partial charge in [-0.15, -0.1) is 0 Å². The predicted octanol–water partition coefficient (Wildman–Crippen LogP) is 4.63. The predicted molar refractivity (Wildman–Crippen MR) is 77.8 cm³/mol. The number of benzene rings is 1. The maximum Gasteiger partial charge on any atom is 0.293 e. The summed E-state index contributed by atoms with van der Waals surface area (Å²) in [5.41, 5.74) is 0.530. The summed E-state index contributed by atoms with van der Waals surface area (Å²) in [6.07, 6.45) is 5.73. The van der Waals surface area contributed by atoms with E-state index in [0.717, 1.165) is 12.8 Å². The smallest absolute Gasteiger partial charge is 0.293 e. The highest BCUT2D eigenvalue weighted by Crippen LogP contribution is 2.35. The van der Waals surface area contributed by atoms with Crippen LogP contribution in [0.5, 0.6) is 0 Å². The second-order valence-electron chi connectivity index (χ2n) is 5.17. The van der Waals surface area contributed by atoms with Gasteiger partial charge in [-0.05, 0) is 24.8 Å². The molecule has 1 aromatic carbocycles. The average Bonchev–Trinajstić information content (AvgIpc) is 2.41. The van der Waals surface area contributed by atoms with Crippen molar-refractivity contribution in [2.24, 2.45) is 5.92 Å². The van der Waals surface area contributed by atoms with Crippen LogP contribution in [0, 0.1) is 16.0 Å². The van der Waals surface area contributed by atoms with E-state index >= 15 is 0 Å². The first-order chi connectivity index (χ1) is 9.11. The molecule has 0 radical (unpaired) electrons. The van der Waals surface area contributed by atoms with Crippen LogP contribution in [0.1, 0.15) is 39.0 Å². The summed E-state index contributed by atoms with van der Waals surface area (Å²) in [6, 6.07) is 5.09. The molecule has 0 bridgehead atoms. The highest BCUT2D eigenvalue weighted by Gasteiger charge is 2.24. The standard InChI is InChI=1S/C14H19ClN2O2/c1-2-10-5-3-6-11(9-10)16-14-12(15)7-4-8-13(14)17(18)19/h4,7-8,10-11,16H,2-3,5-6,9H2,1H3. The van der Waals surface area contributed by atoms with Crippen LogP contribution in [-0.4, -0.2) is 11.0 Å². The van der Waals surface area contributed by atoms with Gasteiger partial charge in [0.1, 0.15) is 5.69 Å². The van der Waals surface area contributed by atoms with Crippen LogP contribution in [0.4, 0.5) is 11.4 Å². The molecule has 0 heterocycles. The van der Waals surface area contributed by atoms with E-state index in [9.17, 15) is 10.1 Å². The van der Waals surface area contributed by atoms with Gasteiger partial charge < -0.3 is 5.32 Å². The number of nitro benzene ring substituents is 1. The Labute approximate surface area is 118 Å². The van der Waals surface area contributed by atoms with Crippen LogP contribution < -0.4 is 5.32 Å². The van der Waals surface area contributed by atoms with Crippen LogP contribution in [0.3, 0.4) is 0 Å². The molecule has 2 unspecified atom stereocenters. The van der Waals surface area contributed by atoms with Crippen molar-refractivity contribution in [3.63, 3.8) is 0 Å². The first-order valence-corrected chi connectivity index (χ1v) is 7.19. The van der Waals surface area contributed by atoms with Crippen molar-refractivity contribution in [3.05, 3.63) is 33.3 Å². The summed E-state index contributed by atoms with van der Waals surface area (Å²) in [5, 5.41) is 14.8. The summed E-state index contributed by atoms with van der Waals surface area (Å²) < 4.78 is 0. The molecular weight excluding hydrogens is 264 g/mol. The lowest BCUT2D eigenvalue weighted by Gasteiger charge is -2.29. The first kappa shape index (κ1) is 14.1. The van der Waals surface area contributed by atoms with Crippen LogP contribution in [0.2, 0.25) is 5.02 Å². The summed E-state index contributed by atoms with van der Waals surface area (Å²) in [6.45, 7) is 2.20. The normalized spacial score (nSPS) is 23.1. The summed E-state index contributed by atoms with van der Waals surface area (Å²) in [4.78, 5) is 10.7. The van der Waals surface area contributed by atoms with Crippen molar-refractivity contribution in [3.8, 4) is 0 Å². The van der Waals surface area contributed by atoms with Crippen molar-refractivity contribution in [2.45, 2.75) is 45.1 Å². The van der Waals surface area contributed by atoms with E-state index in [1.54, 1.807) is 12.1 Å². The third-order valence-electron chi connectivity index (χ3n) is 3.90. The van der Waals surface area contributed by atoms with Gasteiger partial charge in [-0.25, -0.2) is 0 Å². The lowest BCUT2D eigenvalue weighted by atomic mass is 9.84. The second kappa shape index (κ2) is 6.24. The molecule has 1 aromatic rings. The van der Waals surface area contributed by atoms with Gasteiger partial charge in [-0.1, -0.05) is 43.9 Å². The van der Waals surface area contributed by atoms with Crippen molar-refractivity contribution < 1.29 is 4.92 Å². The third kappa shape index (κ3) is 3.38. The molecule has 1 fully saturated rings. The Kier molecular flexibility index (Phi) is 4.64. The van der Waals surface area contributed by atoms with E-state index in [1.807, 2.05) is 0 Å². The molecule has 1 saturated carbocycles. The Hall–Kier alpha value is -1.29. The lowest BCUT2D eigenvalue weighted by Crippen LogP contribution is -2.27. The van der Waals surface area contributed by atoms with Gasteiger partial charge in [0.15, 0.2) is 0 Å². The summed E-state index contributed by atoms with van der Waals surface area (Å²) in [5.74, 6) is 0.716. The fraction of sp³-hybridized carbons (Fsp3) is 0.571. The van der Waals surface area contributed by atoms with Crippen LogP contribution >= 0.6 is 11.6 Å². The molecule has 0 spiro atoms. The summed E-state index contributed by atoms with van der Waals surface area (Å²) >= 11 is 6.10. The van der Waals surface area contributed by atoms with E-state index in [-0.39, 0.29) is 16.7 Å². The quantitative estimate of drug-likeness (QED) is 0.647. The van der Waals surface area contributed by atoms with E-state index in [0.29, 0.717) is 16.6 Å². The molecule has 104 valence electrons. The SMILES string of the molecule is CCC1CCCC(Nc2c(Cl)cccc2[N+](=O)[O-])C1. The number of anilines is 1. The average molecular weight is 283 g/mol. The highest BCUT2D eigenvalue weighted by molar-refractivity contribution is 6.33. The molecule has 1 N–H and O–H groups in total. The summed E-state index contributed by atoms with van der Waals surface area (Å²) in [7, 11) is 0. The molecule has 5 heteroatoms. The van der Waals surface area contributed by atoms with Crippen molar-refractivity contribution in [1.82, 2.24) is 0 Å². The number of nitro groups is 1.